The summed E-state index contributed by atoms with van der Waals surface area (Å²) in [6, 6.07) is 0. The first kappa shape index (κ1) is 16.2. The Morgan fingerprint density at radius 1 is 1.40 bits per heavy atom. The largest absolute Gasteiger partial charge is 0.573 e. The minimum atomic E-state index is -5.33. The van der Waals surface area contributed by atoms with E-state index in [1.165, 1.54) is 0 Å². The maximum absolute atomic E-state index is 12.2. The summed E-state index contributed by atoms with van der Waals surface area (Å²) < 4.78 is 66.8. The highest BCUT2D eigenvalue weighted by atomic mass is 35.7. The normalized spacial score (nSPS) is 12.1. The Balaban J connectivity index is 3.69. The number of rotatable bonds is 4. The van der Waals surface area contributed by atoms with Gasteiger partial charge in [-0.25, -0.2) is 13.4 Å². The molecule has 0 saturated heterocycles. The van der Waals surface area contributed by atoms with Crippen LogP contribution in [-0.4, -0.2) is 31.8 Å². The number of ether oxygens (including phenoxy) is 2. The Kier molecular flexibility index (Phi) is 4.29. The second-order valence-electron chi connectivity index (χ2n) is 3.05. The number of hydrogen-bond acceptors (Lipinski definition) is 7. The molecule has 0 amide bonds. The summed E-state index contributed by atoms with van der Waals surface area (Å²) in [4.78, 5) is 12.5. The molecule has 0 aromatic carbocycles. The third-order valence-electron chi connectivity index (χ3n) is 1.79. The summed E-state index contributed by atoms with van der Waals surface area (Å²) in [6.07, 6.45) is -4.95. The van der Waals surface area contributed by atoms with Gasteiger partial charge in [-0.3, -0.25) is 10.1 Å². The highest BCUT2D eigenvalue weighted by Crippen LogP contribution is 2.43. The van der Waals surface area contributed by atoms with Crippen molar-refractivity contribution in [1.29, 1.82) is 0 Å². The lowest BCUT2D eigenvalue weighted by molar-refractivity contribution is -0.386. The third-order valence-corrected chi connectivity index (χ3v) is 2.98. The first-order valence-electron chi connectivity index (χ1n) is 4.39. The molecule has 0 radical (unpaired) electrons. The molecule has 112 valence electrons. The second-order valence-corrected chi connectivity index (χ2v) is 5.53. The standard InChI is InChI=1S/C7H4ClF3N2O6S/c1-18-4-3(13(14)15)2-12-6(20(8,16)17)5(4)19-7(9,10)11/h2H,1H3. The molecular weight excluding hydrogens is 333 g/mol. The zero-order valence-electron chi connectivity index (χ0n) is 9.34. The zero-order chi connectivity index (χ0) is 15.7. The van der Waals surface area contributed by atoms with E-state index in [4.69, 9.17) is 10.7 Å². The van der Waals surface area contributed by atoms with Gasteiger partial charge in [-0.15, -0.1) is 13.2 Å². The van der Waals surface area contributed by atoms with Crippen LogP contribution in [0.3, 0.4) is 0 Å². The molecule has 0 bridgehead atoms. The minimum Gasteiger partial charge on any atom is -0.487 e. The molecule has 0 saturated carbocycles. The van der Waals surface area contributed by atoms with Gasteiger partial charge < -0.3 is 9.47 Å². The van der Waals surface area contributed by atoms with Crippen LogP contribution in [0.15, 0.2) is 11.2 Å². The molecule has 0 aliphatic carbocycles. The topological polar surface area (TPSA) is 109 Å². The van der Waals surface area contributed by atoms with Crippen molar-refractivity contribution in [1.82, 2.24) is 4.98 Å². The van der Waals surface area contributed by atoms with Crippen LogP contribution >= 0.6 is 10.7 Å². The van der Waals surface area contributed by atoms with Gasteiger partial charge in [-0.2, -0.15) is 0 Å². The summed E-state index contributed by atoms with van der Waals surface area (Å²) in [5.41, 5.74) is -1.02. The molecule has 0 aliphatic rings. The molecule has 0 spiro atoms. The average Bonchev–Trinajstić information content (AvgIpc) is 2.24. The SMILES string of the molecule is COc1c([N+](=O)[O-])cnc(S(=O)(=O)Cl)c1OC(F)(F)F. The number of nitro groups is 1. The first-order chi connectivity index (χ1) is 8.97. The molecule has 20 heavy (non-hydrogen) atoms. The van der Waals surface area contributed by atoms with Crippen LogP contribution in [0.1, 0.15) is 0 Å². The molecule has 13 heteroatoms. The Labute approximate surface area is 113 Å². The van der Waals surface area contributed by atoms with Crippen molar-refractivity contribution in [3.8, 4) is 11.5 Å². The number of aromatic nitrogens is 1. The maximum Gasteiger partial charge on any atom is 0.573 e. The number of methoxy groups -OCH3 is 1. The number of nitrogens with zero attached hydrogens (tertiary/aromatic N) is 2. The maximum atomic E-state index is 12.2. The van der Waals surface area contributed by atoms with Crippen LogP contribution in [0, 0.1) is 10.1 Å². The van der Waals surface area contributed by atoms with Crippen molar-refractivity contribution in [2.45, 2.75) is 11.4 Å². The van der Waals surface area contributed by atoms with Crippen LogP contribution in [0.2, 0.25) is 0 Å². The van der Waals surface area contributed by atoms with Crippen LogP contribution in [0.25, 0.3) is 0 Å². The van der Waals surface area contributed by atoms with Crippen molar-refractivity contribution in [3.05, 3.63) is 16.3 Å². The van der Waals surface area contributed by atoms with Gasteiger partial charge in [0.1, 0.15) is 6.20 Å². The number of halogens is 4. The van der Waals surface area contributed by atoms with E-state index in [0.717, 1.165) is 7.11 Å². The predicted octanol–water partition coefficient (Wildman–Crippen LogP) is 1.82. The van der Waals surface area contributed by atoms with Gasteiger partial charge in [0.15, 0.2) is 0 Å². The molecule has 1 heterocycles. The van der Waals surface area contributed by atoms with Gasteiger partial charge in [0.25, 0.3) is 9.05 Å². The summed E-state index contributed by atoms with van der Waals surface area (Å²) in [5.74, 6) is -2.58. The smallest absolute Gasteiger partial charge is 0.487 e. The lowest BCUT2D eigenvalue weighted by Gasteiger charge is -2.14. The molecule has 1 rings (SSSR count). The molecule has 0 fully saturated rings. The zero-order valence-corrected chi connectivity index (χ0v) is 10.9. The molecule has 0 unspecified atom stereocenters. The first-order valence-corrected chi connectivity index (χ1v) is 6.70. The lowest BCUT2D eigenvalue weighted by atomic mass is 10.3. The quantitative estimate of drug-likeness (QED) is 0.468. The Bertz CT molecular complexity index is 647. The van der Waals surface area contributed by atoms with Crippen LogP contribution < -0.4 is 9.47 Å². The van der Waals surface area contributed by atoms with Gasteiger partial charge in [0.05, 0.1) is 12.0 Å². The third kappa shape index (κ3) is 3.60. The molecule has 0 N–H and O–H groups in total. The lowest BCUT2D eigenvalue weighted by Crippen LogP contribution is -2.20. The molecule has 0 atom stereocenters. The number of alkyl halides is 3. The van der Waals surface area contributed by atoms with E-state index in [9.17, 15) is 31.7 Å². The molecule has 8 nitrogen and oxygen atoms in total. The summed E-state index contributed by atoms with van der Waals surface area (Å²) in [6.45, 7) is 0. The molecule has 1 aromatic rings. The summed E-state index contributed by atoms with van der Waals surface area (Å²) in [7, 11) is 0.931. The van der Waals surface area contributed by atoms with Crippen molar-refractivity contribution in [2.75, 3.05) is 7.11 Å². The molecular formula is C7H4ClF3N2O6S. The van der Waals surface area contributed by atoms with E-state index >= 15 is 0 Å². The summed E-state index contributed by atoms with van der Waals surface area (Å²) in [5, 5.41) is 9.28. The van der Waals surface area contributed by atoms with Crippen molar-refractivity contribution in [3.63, 3.8) is 0 Å². The van der Waals surface area contributed by atoms with Gasteiger partial charge >= 0.3 is 12.0 Å². The monoisotopic (exact) mass is 336 g/mol. The molecule has 0 aliphatic heterocycles. The fourth-order valence-corrected chi connectivity index (χ4v) is 2.02. The summed E-state index contributed by atoms with van der Waals surface area (Å²) >= 11 is 0. The van der Waals surface area contributed by atoms with E-state index in [1.807, 2.05) is 0 Å². The van der Waals surface area contributed by atoms with Gasteiger partial charge in [0, 0.05) is 10.7 Å². The average molecular weight is 337 g/mol. The van der Waals surface area contributed by atoms with E-state index in [0.29, 0.717) is 6.20 Å². The second kappa shape index (κ2) is 5.28. The highest BCUT2D eigenvalue weighted by molar-refractivity contribution is 8.13. The van der Waals surface area contributed by atoms with Gasteiger partial charge in [-0.05, 0) is 0 Å². The Morgan fingerprint density at radius 2 is 1.95 bits per heavy atom. The van der Waals surface area contributed by atoms with Gasteiger partial charge in [0.2, 0.25) is 16.5 Å². The van der Waals surface area contributed by atoms with Crippen LogP contribution in [-0.2, 0) is 9.05 Å². The van der Waals surface area contributed by atoms with Crippen molar-refractivity contribution in [2.24, 2.45) is 0 Å². The highest BCUT2D eigenvalue weighted by Gasteiger charge is 2.39. The fraction of sp³-hybridized carbons (Fsp3) is 0.286. The Hall–Kier alpha value is -1.82. The van der Waals surface area contributed by atoms with E-state index in [1.54, 1.807) is 0 Å². The van der Waals surface area contributed by atoms with E-state index in [-0.39, 0.29) is 0 Å². The van der Waals surface area contributed by atoms with E-state index < -0.39 is 42.5 Å². The minimum absolute atomic E-state index is 0.386. The van der Waals surface area contributed by atoms with Crippen molar-refractivity contribution < 1.29 is 36.0 Å². The molecule has 1 aromatic heterocycles. The Morgan fingerprint density at radius 3 is 2.30 bits per heavy atom. The fourth-order valence-electron chi connectivity index (χ4n) is 1.16. The predicted molar refractivity (Wildman–Crippen MR) is 57.2 cm³/mol. The number of pyridine rings is 1. The van der Waals surface area contributed by atoms with Gasteiger partial charge in [-0.1, -0.05) is 0 Å². The van der Waals surface area contributed by atoms with E-state index in [2.05, 4.69) is 14.5 Å². The number of hydrogen-bond donors (Lipinski definition) is 0. The van der Waals surface area contributed by atoms with Crippen LogP contribution in [0.4, 0.5) is 18.9 Å². The van der Waals surface area contributed by atoms with Crippen molar-refractivity contribution >= 4 is 25.4 Å². The van der Waals surface area contributed by atoms with Crippen LogP contribution in [0.5, 0.6) is 11.5 Å².